The number of aliphatic hydroxyl groups is 1. The van der Waals surface area contributed by atoms with E-state index in [0.717, 1.165) is 116 Å². The lowest BCUT2D eigenvalue weighted by molar-refractivity contribution is -0.161. The summed E-state index contributed by atoms with van der Waals surface area (Å²) in [6, 6.07) is 0. The molecule has 1 unspecified atom stereocenters. The highest BCUT2D eigenvalue weighted by Crippen LogP contribution is 2.18. The topological polar surface area (TPSA) is 72.8 Å². The molecular formula is C83H140O5. The lowest BCUT2D eigenvalue weighted by Gasteiger charge is -2.15. The summed E-state index contributed by atoms with van der Waals surface area (Å²) in [6.45, 7) is 4.05. The molecule has 0 aliphatic carbocycles. The molecule has 0 saturated carbocycles. The highest BCUT2D eigenvalue weighted by Gasteiger charge is 2.16. The minimum Gasteiger partial charge on any atom is -0.462 e. The average molecular weight is 1220 g/mol. The molecule has 0 saturated heterocycles. The zero-order valence-corrected chi connectivity index (χ0v) is 57.7. The SMILES string of the molecule is CC/C=C\C/C=C\C/C=C\C/C=C\C/C=C\C/C=C\C/C=C\C/C=C\C/C=C\C/C=C\C/C=C\CCCCCCCCCC(=O)OC(CO)COC(=O)CCCCCCCCCCCCCCCCCCCCCCC/C=C\CCCCCCCCCC. The van der Waals surface area contributed by atoms with Crippen molar-refractivity contribution in [2.24, 2.45) is 0 Å². The molecule has 0 aliphatic rings. The lowest BCUT2D eigenvalue weighted by Crippen LogP contribution is -2.28. The maximum Gasteiger partial charge on any atom is 0.306 e. The summed E-state index contributed by atoms with van der Waals surface area (Å²) < 4.78 is 10.8. The summed E-state index contributed by atoms with van der Waals surface area (Å²) in [7, 11) is 0. The van der Waals surface area contributed by atoms with Gasteiger partial charge in [0.15, 0.2) is 6.10 Å². The average Bonchev–Trinajstić information content (AvgIpc) is 3.56. The Morgan fingerprint density at radius 1 is 0.273 bits per heavy atom. The Bertz CT molecular complexity index is 1810. The van der Waals surface area contributed by atoms with E-state index in [0.29, 0.717) is 12.8 Å². The van der Waals surface area contributed by atoms with Crippen LogP contribution in [0.2, 0.25) is 0 Å². The van der Waals surface area contributed by atoms with Crippen LogP contribution in [0, 0.1) is 0 Å². The first kappa shape index (κ1) is 83.8. The standard InChI is InChI=1S/C83H140O5/c1-3-5-7-9-11-13-15-17-19-21-23-25-27-29-31-33-35-37-38-39-40-41-42-43-44-46-48-50-52-54-56-58-60-62-64-66-68-70-72-74-76-78-83(86)88-81(79-84)80-87-82(85)77-75-73-71-69-67-65-63-61-59-57-55-53-51-49-47-45-36-34-32-30-28-26-24-22-20-18-16-14-12-10-8-6-4-2/h5,7,11,13,17,19,22-25,29,31,35,37,39-40,42-43,46,48,52,54,58,60,81,84H,3-4,6,8-10,12,14-16,18,20-21,26-28,30,32-34,36,38,41,44-45,47,49-51,53,55-57,59,61-80H2,1-2H3/b7-5-,13-11-,19-17-,24-22-,25-23-,31-29-,37-35-,40-39-,43-42-,48-46-,54-52-,60-58-. The number of aliphatic hydroxyl groups excluding tert-OH is 1. The Morgan fingerprint density at radius 2 is 0.489 bits per heavy atom. The molecule has 1 atom stereocenters. The minimum atomic E-state index is -0.788. The van der Waals surface area contributed by atoms with Gasteiger partial charge in [0.05, 0.1) is 6.61 Å². The molecule has 0 aromatic heterocycles. The Morgan fingerprint density at radius 3 is 0.750 bits per heavy atom. The molecule has 0 aliphatic heterocycles. The maximum absolute atomic E-state index is 12.4. The molecule has 5 heteroatoms. The zero-order chi connectivity index (χ0) is 63.3. The molecule has 502 valence electrons. The molecule has 0 aromatic rings. The Balaban J connectivity index is 3.54. The maximum atomic E-state index is 12.4. The number of carbonyl (C=O) groups is 2. The summed E-state index contributed by atoms with van der Waals surface area (Å²) in [5, 5.41) is 9.71. The Kier molecular flexibility index (Phi) is 73.3. The van der Waals surface area contributed by atoms with Crippen LogP contribution < -0.4 is 0 Å². The Labute approximate surface area is 546 Å². The van der Waals surface area contributed by atoms with Gasteiger partial charge in [-0.1, -0.05) is 359 Å². The molecule has 0 amide bonds. The van der Waals surface area contributed by atoms with Gasteiger partial charge in [0.2, 0.25) is 0 Å². The molecule has 0 bridgehead atoms. The lowest BCUT2D eigenvalue weighted by atomic mass is 10.0. The first-order valence-electron chi connectivity index (χ1n) is 37.4. The minimum absolute atomic E-state index is 0.0747. The van der Waals surface area contributed by atoms with Crippen LogP contribution >= 0.6 is 0 Å². The van der Waals surface area contributed by atoms with Crippen LogP contribution in [0.25, 0.3) is 0 Å². The molecule has 1 N–H and O–H groups in total. The second kappa shape index (κ2) is 77.0. The monoisotopic (exact) mass is 1220 g/mol. The summed E-state index contributed by atoms with van der Waals surface area (Å²) in [5.41, 5.74) is 0. The van der Waals surface area contributed by atoms with E-state index in [4.69, 9.17) is 9.47 Å². The number of hydrogen-bond donors (Lipinski definition) is 1. The molecular weight excluding hydrogens is 1080 g/mol. The first-order chi connectivity index (χ1) is 43.6. The number of esters is 2. The molecule has 0 fully saturated rings. The van der Waals surface area contributed by atoms with E-state index in [-0.39, 0.29) is 25.2 Å². The summed E-state index contributed by atoms with van der Waals surface area (Å²) in [6.07, 6.45) is 116. The molecule has 0 aromatic carbocycles. The number of rotatable bonds is 68. The highest BCUT2D eigenvalue weighted by atomic mass is 16.6. The molecule has 88 heavy (non-hydrogen) atoms. The second-order valence-electron chi connectivity index (χ2n) is 24.6. The van der Waals surface area contributed by atoms with Crippen molar-refractivity contribution in [1.82, 2.24) is 0 Å². The number of allylic oxidation sites excluding steroid dienone is 24. The van der Waals surface area contributed by atoms with Crippen LogP contribution in [-0.4, -0.2) is 36.4 Å². The van der Waals surface area contributed by atoms with E-state index in [1.807, 2.05) is 0 Å². The van der Waals surface area contributed by atoms with Crippen molar-refractivity contribution < 1.29 is 24.2 Å². The molecule has 0 rings (SSSR count). The highest BCUT2D eigenvalue weighted by molar-refractivity contribution is 5.70. The molecule has 0 heterocycles. The quantitative estimate of drug-likeness (QED) is 0.0373. The van der Waals surface area contributed by atoms with Crippen molar-refractivity contribution >= 4 is 11.9 Å². The van der Waals surface area contributed by atoms with Crippen LogP contribution in [0.4, 0.5) is 0 Å². The first-order valence-corrected chi connectivity index (χ1v) is 37.4. The van der Waals surface area contributed by atoms with Crippen LogP contribution in [-0.2, 0) is 19.1 Å². The van der Waals surface area contributed by atoms with Crippen molar-refractivity contribution in [1.29, 1.82) is 0 Å². The summed E-state index contributed by atoms with van der Waals surface area (Å²) in [5.74, 6) is -0.598. The Hall–Kier alpha value is -4.22. The normalized spacial score (nSPS) is 13.1. The predicted octanol–water partition coefficient (Wildman–Crippen LogP) is 26.4. The van der Waals surface area contributed by atoms with Gasteiger partial charge in [-0.15, -0.1) is 0 Å². The predicted molar refractivity (Wildman–Crippen MR) is 389 cm³/mol. The molecule has 0 radical (unpaired) electrons. The second-order valence-corrected chi connectivity index (χ2v) is 24.6. The van der Waals surface area contributed by atoms with Crippen molar-refractivity contribution in [3.8, 4) is 0 Å². The zero-order valence-electron chi connectivity index (χ0n) is 57.7. The van der Waals surface area contributed by atoms with E-state index in [1.165, 1.54) is 205 Å². The third-order valence-electron chi connectivity index (χ3n) is 16.1. The third-order valence-corrected chi connectivity index (χ3v) is 16.1. The largest absolute Gasteiger partial charge is 0.462 e. The van der Waals surface area contributed by atoms with Gasteiger partial charge in [-0.25, -0.2) is 0 Å². The van der Waals surface area contributed by atoms with Gasteiger partial charge in [-0.3, -0.25) is 9.59 Å². The van der Waals surface area contributed by atoms with Gasteiger partial charge in [0.25, 0.3) is 0 Å². The van der Waals surface area contributed by atoms with Crippen LogP contribution in [0.1, 0.15) is 348 Å². The van der Waals surface area contributed by atoms with Crippen molar-refractivity contribution in [3.05, 3.63) is 146 Å². The van der Waals surface area contributed by atoms with Crippen molar-refractivity contribution in [2.75, 3.05) is 13.2 Å². The van der Waals surface area contributed by atoms with E-state index < -0.39 is 6.10 Å². The fraction of sp³-hybridized carbons (Fsp3) is 0.687. The summed E-state index contributed by atoms with van der Waals surface area (Å²) in [4.78, 5) is 24.7. The van der Waals surface area contributed by atoms with E-state index in [1.54, 1.807) is 0 Å². The fourth-order valence-corrected chi connectivity index (χ4v) is 10.6. The van der Waals surface area contributed by atoms with Crippen molar-refractivity contribution in [2.45, 2.75) is 354 Å². The van der Waals surface area contributed by atoms with Gasteiger partial charge in [-0.2, -0.15) is 0 Å². The van der Waals surface area contributed by atoms with Gasteiger partial charge in [-0.05, 0) is 122 Å². The number of hydrogen-bond acceptors (Lipinski definition) is 5. The number of ether oxygens (including phenoxy) is 2. The summed E-state index contributed by atoms with van der Waals surface area (Å²) >= 11 is 0. The smallest absolute Gasteiger partial charge is 0.306 e. The van der Waals surface area contributed by atoms with Gasteiger partial charge >= 0.3 is 11.9 Å². The third kappa shape index (κ3) is 74.2. The number of unbranched alkanes of at least 4 members (excludes halogenated alkanes) is 36. The molecule has 5 nitrogen and oxygen atoms in total. The molecule has 0 spiro atoms. The number of carbonyl (C=O) groups excluding carboxylic acids is 2. The van der Waals surface area contributed by atoms with E-state index >= 15 is 0 Å². The van der Waals surface area contributed by atoms with E-state index in [9.17, 15) is 14.7 Å². The van der Waals surface area contributed by atoms with Gasteiger partial charge < -0.3 is 14.6 Å². The van der Waals surface area contributed by atoms with Gasteiger partial charge in [0, 0.05) is 12.8 Å². The van der Waals surface area contributed by atoms with Crippen LogP contribution in [0.3, 0.4) is 0 Å². The van der Waals surface area contributed by atoms with Crippen LogP contribution in [0.15, 0.2) is 146 Å². The fourth-order valence-electron chi connectivity index (χ4n) is 10.6. The van der Waals surface area contributed by atoms with E-state index in [2.05, 4.69) is 160 Å². The van der Waals surface area contributed by atoms with Crippen LogP contribution in [0.5, 0.6) is 0 Å². The van der Waals surface area contributed by atoms with Gasteiger partial charge in [0.1, 0.15) is 6.61 Å². The van der Waals surface area contributed by atoms with Crippen molar-refractivity contribution in [3.63, 3.8) is 0 Å².